The number of hydrogen-bond donors (Lipinski definition) is 1. The molecule has 2 aromatic carbocycles. The second kappa shape index (κ2) is 9.34. The van der Waals surface area contributed by atoms with Gasteiger partial charge in [0.25, 0.3) is 5.91 Å². The molecule has 2 aromatic rings. The van der Waals surface area contributed by atoms with Crippen LogP contribution in [-0.4, -0.2) is 32.8 Å². The van der Waals surface area contributed by atoms with Crippen LogP contribution in [0.25, 0.3) is 0 Å². The Morgan fingerprint density at radius 2 is 1.77 bits per heavy atom. The highest BCUT2D eigenvalue weighted by atomic mass is 35.5. The zero-order valence-electron chi connectivity index (χ0n) is 15.5. The normalized spacial score (nSPS) is 11.6. The Kier molecular flexibility index (Phi) is 7.16. The number of rotatable bonds is 8. The zero-order valence-corrected chi connectivity index (χ0v) is 16.2. The molecule has 0 spiro atoms. The first-order chi connectivity index (χ1) is 12.4. The van der Waals surface area contributed by atoms with Crippen molar-refractivity contribution in [2.75, 3.05) is 20.8 Å². The second-order valence-electron chi connectivity index (χ2n) is 5.90. The van der Waals surface area contributed by atoms with Gasteiger partial charge in [-0.25, -0.2) is 0 Å². The van der Waals surface area contributed by atoms with Crippen molar-refractivity contribution in [2.45, 2.75) is 26.4 Å². The van der Waals surface area contributed by atoms with Crippen molar-refractivity contribution >= 4 is 17.5 Å². The molecule has 2 rings (SSSR count). The molecule has 140 valence electrons. The first kappa shape index (κ1) is 19.9. The largest absolute Gasteiger partial charge is 0.493 e. The minimum atomic E-state index is -0.597. The Morgan fingerprint density at radius 1 is 1.08 bits per heavy atom. The lowest BCUT2D eigenvalue weighted by Crippen LogP contribution is -2.37. The topological polar surface area (TPSA) is 56.8 Å². The highest BCUT2D eigenvalue weighted by Crippen LogP contribution is 2.27. The molecule has 0 unspecified atom stereocenters. The molecule has 1 amide bonds. The van der Waals surface area contributed by atoms with Crippen molar-refractivity contribution in [3.05, 3.63) is 52.5 Å². The maximum absolute atomic E-state index is 12.2. The van der Waals surface area contributed by atoms with Gasteiger partial charge in [-0.2, -0.15) is 0 Å². The molecule has 5 nitrogen and oxygen atoms in total. The molecule has 1 N–H and O–H groups in total. The summed E-state index contributed by atoms with van der Waals surface area (Å²) in [7, 11) is 3.20. The van der Waals surface area contributed by atoms with Crippen LogP contribution in [0, 0.1) is 6.92 Å². The molecule has 0 saturated carbocycles. The van der Waals surface area contributed by atoms with Gasteiger partial charge >= 0.3 is 0 Å². The summed E-state index contributed by atoms with van der Waals surface area (Å²) >= 11 is 5.93. The van der Waals surface area contributed by atoms with E-state index in [1.54, 1.807) is 39.3 Å². The number of nitrogens with one attached hydrogen (secondary N) is 1. The highest BCUT2D eigenvalue weighted by Gasteiger charge is 2.15. The molecule has 0 bridgehead atoms. The second-order valence-corrected chi connectivity index (χ2v) is 6.34. The number of methoxy groups -OCH3 is 2. The zero-order chi connectivity index (χ0) is 19.1. The third-order valence-electron chi connectivity index (χ3n) is 3.97. The van der Waals surface area contributed by atoms with Crippen LogP contribution in [0.2, 0.25) is 5.02 Å². The van der Waals surface area contributed by atoms with Crippen molar-refractivity contribution < 1.29 is 19.0 Å². The van der Waals surface area contributed by atoms with E-state index in [-0.39, 0.29) is 5.91 Å². The van der Waals surface area contributed by atoms with Gasteiger partial charge in [0.2, 0.25) is 0 Å². The Hall–Kier alpha value is -2.40. The van der Waals surface area contributed by atoms with Crippen LogP contribution in [0.5, 0.6) is 17.2 Å². The number of amides is 1. The van der Waals surface area contributed by atoms with E-state index < -0.39 is 6.10 Å². The van der Waals surface area contributed by atoms with E-state index in [1.165, 1.54) is 0 Å². The number of aryl methyl sites for hydroxylation is 1. The van der Waals surface area contributed by atoms with E-state index >= 15 is 0 Å². The van der Waals surface area contributed by atoms with Crippen LogP contribution in [0.3, 0.4) is 0 Å². The van der Waals surface area contributed by atoms with Gasteiger partial charge in [-0.1, -0.05) is 17.7 Å². The molecule has 0 radical (unpaired) electrons. The molecule has 0 fully saturated rings. The van der Waals surface area contributed by atoms with E-state index in [0.717, 1.165) is 11.1 Å². The fourth-order valence-corrected chi connectivity index (χ4v) is 2.73. The fraction of sp³-hybridized carbons (Fsp3) is 0.350. The van der Waals surface area contributed by atoms with E-state index in [4.69, 9.17) is 25.8 Å². The monoisotopic (exact) mass is 377 g/mol. The molecule has 0 aromatic heterocycles. The Morgan fingerprint density at radius 3 is 2.42 bits per heavy atom. The predicted octanol–water partition coefficient (Wildman–Crippen LogP) is 3.79. The molecule has 6 heteroatoms. The Bertz CT molecular complexity index is 763. The average Bonchev–Trinajstić information content (AvgIpc) is 2.63. The maximum Gasteiger partial charge on any atom is 0.260 e. The summed E-state index contributed by atoms with van der Waals surface area (Å²) in [6.07, 6.45) is 0.0824. The maximum atomic E-state index is 12.2. The van der Waals surface area contributed by atoms with Crippen LogP contribution in [0.1, 0.15) is 18.1 Å². The minimum Gasteiger partial charge on any atom is -0.493 e. The molecule has 0 saturated heterocycles. The van der Waals surface area contributed by atoms with Gasteiger partial charge in [0.1, 0.15) is 5.75 Å². The van der Waals surface area contributed by atoms with E-state index in [2.05, 4.69) is 5.32 Å². The predicted molar refractivity (Wildman–Crippen MR) is 103 cm³/mol. The SMILES string of the molecule is COc1ccc(CCNC(=O)[C@@H](C)Oc2ccc(Cl)cc2C)cc1OC. The smallest absolute Gasteiger partial charge is 0.260 e. The van der Waals surface area contributed by atoms with Crippen molar-refractivity contribution in [3.8, 4) is 17.2 Å². The van der Waals surface area contributed by atoms with Gasteiger partial charge in [0.05, 0.1) is 14.2 Å². The van der Waals surface area contributed by atoms with Crippen LogP contribution in [-0.2, 0) is 11.2 Å². The van der Waals surface area contributed by atoms with E-state index in [9.17, 15) is 4.79 Å². The van der Waals surface area contributed by atoms with Crippen LogP contribution >= 0.6 is 11.6 Å². The lowest BCUT2D eigenvalue weighted by molar-refractivity contribution is -0.127. The summed E-state index contributed by atoms with van der Waals surface area (Å²) in [6.45, 7) is 4.12. The molecule has 1 atom stereocenters. The van der Waals surface area contributed by atoms with Crippen molar-refractivity contribution in [2.24, 2.45) is 0 Å². The summed E-state index contributed by atoms with van der Waals surface area (Å²) in [5.74, 6) is 1.84. The van der Waals surface area contributed by atoms with Gasteiger partial charge in [-0.15, -0.1) is 0 Å². The molecule has 0 aliphatic carbocycles. The standard InChI is InChI=1S/C20H24ClNO4/c1-13-11-16(21)6-8-17(13)26-14(2)20(23)22-10-9-15-5-7-18(24-3)19(12-15)25-4/h5-8,11-12,14H,9-10H2,1-4H3,(H,22,23)/t14-/m1/s1. The third kappa shape index (κ3) is 5.30. The van der Waals surface area contributed by atoms with Gasteiger partial charge in [-0.05, 0) is 61.7 Å². The number of benzene rings is 2. The minimum absolute atomic E-state index is 0.167. The lowest BCUT2D eigenvalue weighted by atomic mass is 10.1. The molecule has 0 heterocycles. The Labute approximate surface area is 159 Å². The van der Waals surface area contributed by atoms with Crippen LogP contribution in [0.15, 0.2) is 36.4 Å². The van der Waals surface area contributed by atoms with Gasteiger partial charge in [0, 0.05) is 11.6 Å². The number of halogens is 1. The average molecular weight is 378 g/mol. The van der Waals surface area contributed by atoms with Crippen LogP contribution in [0.4, 0.5) is 0 Å². The fourth-order valence-electron chi connectivity index (χ4n) is 2.50. The molecule has 26 heavy (non-hydrogen) atoms. The van der Waals surface area contributed by atoms with Gasteiger partial charge < -0.3 is 19.5 Å². The first-order valence-electron chi connectivity index (χ1n) is 8.36. The summed E-state index contributed by atoms with van der Waals surface area (Å²) in [5.41, 5.74) is 1.94. The number of ether oxygens (including phenoxy) is 3. The van der Waals surface area contributed by atoms with Gasteiger partial charge in [0.15, 0.2) is 17.6 Å². The Balaban J connectivity index is 1.86. The third-order valence-corrected chi connectivity index (χ3v) is 4.21. The summed E-state index contributed by atoms with van der Waals surface area (Å²) < 4.78 is 16.2. The molecular weight excluding hydrogens is 354 g/mol. The lowest BCUT2D eigenvalue weighted by Gasteiger charge is -2.16. The van der Waals surface area contributed by atoms with E-state index in [1.807, 2.05) is 25.1 Å². The van der Waals surface area contributed by atoms with Crippen LogP contribution < -0.4 is 19.5 Å². The summed E-state index contributed by atoms with van der Waals surface area (Å²) in [4.78, 5) is 12.2. The van der Waals surface area contributed by atoms with Crippen molar-refractivity contribution in [1.82, 2.24) is 5.32 Å². The van der Waals surface area contributed by atoms with E-state index in [0.29, 0.717) is 35.2 Å². The summed E-state index contributed by atoms with van der Waals surface area (Å²) in [6, 6.07) is 11.0. The quantitative estimate of drug-likeness (QED) is 0.760. The summed E-state index contributed by atoms with van der Waals surface area (Å²) in [5, 5.41) is 3.53. The number of carbonyl (C=O) groups is 1. The van der Waals surface area contributed by atoms with Crippen molar-refractivity contribution in [3.63, 3.8) is 0 Å². The number of hydrogen-bond acceptors (Lipinski definition) is 4. The molecule has 0 aliphatic heterocycles. The van der Waals surface area contributed by atoms with Gasteiger partial charge in [-0.3, -0.25) is 4.79 Å². The highest BCUT2D eigenvalue weighted by molar-refractivity contribution is 6.30. The van der Waals surface area contributed by atoms with Crippen molar-refractivity contribution in [1.29, 1.82) is 0 Å². The first-order valence-corrected chi connectivity index (χ1v) is 8.73. The molecule has 0 aliphatic rings. The number of carbonyl (C=O) groups excluding carboxylic acids is 1. The molecular formula is C20H24ClNO4.